The highest BCUT2D eigenvalue weighted by Crippen LogP contribution is 2.43. The van der Waals surface area contributed by atoms with E-state index >= 15 is 0 Å². The van der Waals surface area contributed by atoms with Gasteiger partial charge >= 0.3 is 6.18 Å². The van der Waals surface area contributed by atoms with Crippen LogP contribution in [0.15, 0.2) is 28.9 Å². The minimum absolute atomic E-state index is 0.00429. The van der Waals surface area contributed by atoms with Crippen LogP contribution >= 0.6 is 11.6 Å². The van der Waals surface area contributed by atoms with Gasteiger partial charge in [0.05, 0.1) is 18.2 Å². The molecule has 148 valence electrons. The van der Waals surface area contributed by atoms with E-state index in [4.69, 9.17) is 20.8 Å². The Hall–Kier alpha value is -2.30. The van der Waals surface area contributed by atoms with E-state index in [0.717, 1.165) is 0 Å². The second-order valence-electron chi connectivity index (χ2n) is 6.88. The molecule has 2 aromatic heterocycles. The lowest BCUT2D eigenvalue weighted by Crippen LogP contribution is -2.63. The molecule has 28 heavy (non-hydrogen) atoms. The van der Waals surface area contributed by atoms with Crippen molar-refractivity contribution >= 4 is 28.7 Å². The van der Waals surface area contributed by atoms with Crippen molar-refractivity contribution in [3.63, 3.8) is 0 Å². The molecular weight excluding hydrogens is 399 g/mol. The molecule has 7 nitrogen and oxygen atoms in total. The summed E-state index contributed by atoms with van der Waals surface area (Å²) in [6.45, 7) is 2.11. The molecular formula is C17H15ClF3N5O2. The van der Waals surface area contributed by atoms with Crippen LogP contribution < -0.4 is 10.2 Å². The Morgan fingerprint density at radius 2 is 1.96 bits per heavy atom. The van der Waals surface area contributed by atoms with Crippen molar-refractivity contribution in [2.75, 3.05) is 31.2 Å². The summed E-state index contributed by atoms with van der Waals surface area (Å²) in [5.74, 6) is 0. The fourth-order valence-corrected chi connectivity index (χ4v) is 4.06. The van der Waals surface area contributed by atoms with Crippen LogP contribution in [0.1, 0.15) is 5.56 Å². The number of aromatic nitrogens is 3. The lowest BCUT2D eigenvalue weighted by molar-refractivity contribution is -0.136. The number of morpholine rings is 1. The van der Waals surface area contributed by atoms with E-state index in [2.05, 4.69) is 15.4 Å². The highest BCUT2D eigenvalue weighted by Gasteiger charge is 2.39. The first-order valence-electron chi connectivity index (χ1n) is 8.69. The van der Waals surface area contributed by atoms with Crippen LogP contribution in [-0.2, 0) is 10.9 Å². The largest absolute Gasteiger partial charge is 0.421 e. The number of hydrogen-bond acceptors (Lipinski definition) is 6. The number of benzene rings is 1. The molecule has 1 aromatic carbocycles. The second kappa shape index (κ2) is 6.36. The summed E-state index contributed by atoms with van der Waals surface area (Å²) in [4.78, 5) is 6.05. The van der Waals surface area contributed by atoms with E-state index in [1.54, 1.807) is 12.3 Å². The number of piperazine rings is 1. The summed E-state index contributed by atoms with van der Waals surface area (Å²) in [5.41, 5.74) is -1.03. The third-order valence-corrected chi connectivity index (χ3v) is 5.18. The van der Waals surface area contributed by atoms with Gasteiger partial charge in [0.25, 0.3) is 6.01 Å². The number of nitrogens with zero attached hydrogens (tertiary/aromatic N) is 4. The number of fused-ring (bicyclic) bond motifs is 3. The molecule has 4 heterocycles. The average molecular weight is 414 g/mol. The fraction of sp³-hybridized carbons (Fsp3) is 0.412. The molecule has 2 aliphatic rings. The lowest BCUT2D eigenvalue weighted by atomic mass is 10.1. The number of nitrogens with one attached hydrogen (secondary N) is 1. The van der Waals surface area contributed by atoms with Crippen LogP contribution in [0.25, 0.3) is 16.8 Å². The van der Waals surface area contributed by atoms with Crippen LogP contribution in [0, 0.1) is 0 Å². The molecule has 11 heteroatoms. The standard InChI is InChI=1S/C17H15ClF3N5O2/c18-11-4-12(26-3-1-2-22-26)15-14(13(11)17(19,20)21)24-16(28-15)25-5-9-7-27-8-10(6-25)23-9/h1-4,9-10,23H,5-8H2. The summed E-state index contributed by atoms with van der Waals surface area (Å²) in [6.07, 6.45) is -1.54. The number of anilines is 1. The quantitative estimate of drug-likeness (QED) is 0.697. The molecule has 0 spiro atoms. The minimum atomic E-state index is -4.67. The van der Waals surface area contributed by atoms with Gasteiger partial charge in [0, 0.05) is 37.6 Å². The molecule has 0 saturated carbocycles. The molecule has 2 saturated heterocycles. The van der Waals surface area contributed by atoms with Gasteiger partial charge in [-0.15, -0.1) is 0 Å². The van der Waals surface area contributed by atoms with Crippen LogP contribution in [0.4, 0.5) is 19.2 Å². The van der Waals surface area contributed by atoms with Gasteiger partial charge in [0.15, 0.2) is 5.58 Å². The molecule has 2 aliphatic heterocycles. The maximum atomic E-state index is 13.7. The summed E-state index contributed by atoms with van der Waals surface area (Å²) < 4.78 is 53.8. The van der Waals surface area contributed by atoms with Gasteiger partial charge in [-0.3, -0.25) is 0 Å². The van der Waals surface area contributed by atoms with E-state index in [-0.39, 0.29) is 29.2 Å². The Morgan fingerprint density at radius 1 is 1.21 bits per heavy atom. The Morgan fingerprint density at radius 3 is 2.61 bits per heavy atom. The van der Waals surface area contributed by atoms with Crippen molar-refractivity contribution < 1.29 is 22.3 Å². The summed E-state index contributed by atoms with van der Waals surface area (Å²) in [5, 5.41) is 7.05. The van der Waals surface area contributed by atoms with Gasteiger partial charge in [-0.25, -0.2) is 4.68 Å². The fourth-order valence-electron chi connectivity index (χ4n) is 3.76. The van der Waals surface area contributed by atoms with Crippen molar-refractivity contribution in [2.45, 2.75) is 18.3 Å². The third-order valence-electron chi connectivity index (χ3n) is 4.88. The third kappa shape index (κ3) is 2.92. The number of oxazole rings is 1. The normalized spacial score (nSPS) is 22.8. The highest BCUT2D eigenvalue weighted by atomic mass is 35.5. The predicted molar refractivity (Wildman–Crippen MR) is 94.9 cm³/mol. The van der Waals surface area contributed by atoms with E-state index in [0.29, 0.717) is 32.0 Å². The van der Waals surface area contributed by atoms with E-state index in [1.165, 1.54) is 16.9 Å². The summed E-state index contributed by atoms with van der Waals surface area (Å²) >= 11 is 6.00. The first kappa shape index (κ1) is 17.8. The average Bonchev–Trinajstić information content (AvgIpc) is 3.29. The zero-order valence-electron chi connectivity index (χ0n) is 14.4. The second-order valence-corrected chi connectivity index (χ2v) is 7.29. The number of halogens is 4. The topological polar surface area (TPSA) is 68.4 Å². The molecule has 0 radical (unpaired) electrons. The highest BCUT2D eigenvalue weighted by molar-refractivity contribution is 6.32. The van der Waals surface area contributed by atoms with E-state index in [9.17, 15) is 13.2 Å². The van der Waals surface area contributed by atoms with Crippen molar-refractivity contribution in [2.24, 2.45) is 0 Å². The summed E-state index contributed by atoms with van der Waals surface area (Å²) in [6, 6.07) is 3.13. The van der Waals surface area contributed by atoms with Crippen molar-refractivity contribution in [3.8, 4) is 5.69 Å². The predicted octanol–water partition coefficient (Wildman–Crippen LogP) is 2.86. The van der Waals surface area contributed by atoms with Crippen LogP contribution in [0.5, 0.6) is 0 Å². The van der Waals surface area contributed by atoms with Crippen molar-refractivity contribution in [1.29, 1.82) is 0 Å². The number of rotatable bonds is 2. The Kier molecular flexibility index (Phi) is 4.04. The summed E-state index contributed by atoms with van der Waals surface area (Å²) in [7, 11) is 0. The Balaban J connectivity index is 1.67. The first-order chi connectivity index (χ1) is 13.4. The number of ether oxygens (including phenoxy) is 1. The molecule has 2 fully saturated rings. The van der Waals surface area contributed by atoms with E-state index < -0.39 is 16.8 Å². The zero-order valence-corrected chi connectivity index (χ0v) is 15.2. The molecule has 2 atom stereocenters. The zero-order chi connectivity index (χ0) is 19.5. The van der Waals surface area contributed by atoms with Crippen LogP contribution in [-0.4, -0.2) is 53.2 Å². The van der Waals surface area contributed by atoms with Gasteiger partial charge in [-0.2, -0.15) is 23.3 Å². The van der Waals surface area contributed by atoms with Crippen LogP contribution in [0.2, 0.25) is 5.02 Å². The first-order valence-corrected chi connectivity index (χ1v) is 9.07. The van der Waals surface area contributed by atoms with Crippen molar-refractivity contribution in [3.05, 3.63) is 35.1 Å². The Labute approximate surface area is 162 Å². The van der Waals surface area contributed by atoms with Gasteiger partial charge in [-0.05, 0) is 12.1 Å². The van der Waals surface area contributed by atoms with Crippen LogP contribution in [0.3, 0.4) is 0 Å². The van der Waals surface area contributed by atoms with Gasteiger partial charge < -0.3 is 19.4 Å². The molecule has 0 amide bonds. The van der Waals surface area contributed by atoms with E-state index in [1.807, 2.05) is 4.90 Å². The lowest BCUT2D eigenvalue weighted by Gasteiger charge is -2.41. The van der Waals surface area contributed by atoms with Gasteiger partial charge in [0.2, 0.25) is 0 Å². The number of alkyl halides is 3. The van der Waals surface area contributed by atoms with Crippen molar-refractivity contribution in [1.82, 2.24) is 20.1 Å². The minimum Gasteiger partial charge on any atom is -0.421 e. The molecule has 2 bridgehead atoms. The monoisotopic (exact) mass is 413 g/mol. The molecule has 1 N–H and O–H groups in total. The molecule has 2 unspecified atom stereocenters. The molecule has 0 aliphatic carbocycles. The Bertz CT molecular complexity index is 1010. The van der Waals surface area contributed by atoms with Gasteiger partial charge in [0.1, 0.15) is 16.8 Å². The maximum Gasteiger partial charge on any atom is 0.420 e. The molecule has 3 aromatic rings. The smallest absolute Gasteiger partial charge is 0.420 e. The SMILES string of the molecule is FC(F)(F)c1c(Cl)cc(-n2cccn2)c2oc(N3CC4COCC(C3)N4)nc12. The van der Waals surface area contributed by atoms with Gasteiger partial charge in [-0.1, -0.05) is 11.6 Å². The maximum absolute atomic E-state index is 13.7. The molecule has 5 rings (SSSR count). The number of hydrogen-bond donors (Lipinski definition) is 1.